The van der Waals surface area contributed by atoms with Crippen molar-refractivity contribution in [2.75, 3.05) is 17.2 Å². The highest BCUT2D eigenvalue weighted by atomic mass is 19.4. The number of hydrogen-bond donors (Lipinski definition) is 2. The molecule has 0 bridgehead atoms. The quantitative estimate of drug-likeness (QED) is 0.396. The molecule has 0 fully saturated rings. The summed E-state index contributed by atoms with van der Waals surface area (Å²) in [6.45, 7) is 2.32. The van der Waals surface area contributed by atoms with Crippen LogP contribution in [0.15, 0.2) is 54.9 Å². The maximum absolute atomic E-state index is 13.2. The third-order valence-electron chi connectivity index (χ3n) is 3.92. The number of alkyl halides is 3. The number of nitro groups is 1. The van der Waals surface area contributed by atoms with Crippen LogP contribution in [0.3, 0.4) is 0 Å². The summed E-state index contributed by atoms with van der Waals surface area (Å²) >= 11 is 0. The predicted molar refractivity (Wildman–Crippen MR) is 104 cm³/mol. The van der Waals surface area contributed by atoms with Crippen molar-refractivity contribution in [3.63, 3.8) is 0 Å². The van der Waals surface area contributed by atoms with E-state index in [1.165, 1.54) is 12.1 Å². The van der Waals surface area contributed by atoms with Crippen molar-refractivity contribution >= 4 is 28.7 Å². The maximum Gasteiger partial charge on any atom is 0.418 e. The number of hydrogen-bond acceptors (Lipinski definition) is 7. The molecule has 2 aromatic carbocycles. The van der Waals surface area contributed by atoms with Crippen molar-refractivity contribution in [2.24, 2.45) is 0 Å². The number of rotatable bonds is 7. The number of halogens is 3. The number of nitrogens with one attached hydrogen (secondary N) is 2. The van der Waals surface area contributed by atoms with Crippen molar-refractivity contribution in [2.45, 2.75) is 13.1 Å². The van der Waals surface area contributed by atoms with E-state index in [0.717, 1.165) is 18.5 Å². The number of nitrogens with zero attached hydrogens (tertiary/aromatic N) is 3. The molecular weight excluding hydrogens is 403 g/mol. The van der Waals surface area contributed by atoms with Gasteiger partial charge in [0, 0.05) is 5.69 Å². The molecule has 0 atom stereocenters. The van der Waals surface area contributed by atoms with Gasteiger partial charge in [-0.1, -0.05) is 12.1 Å². The van der Waals surface area contributed by atoms with Gasteiger partial charge in [-0.3, -0.25) is 10.1 Å². The van der Waals surface area contributed by atoms with E-state index in [9.17, 15) is 23.3 Å². The summed E-state index contributed by atoms with van der Waals surface area (Å²) in [6.07, 6.45) is -3.63. The predicted octanol–water partition coefficient (Wildman–Crippen LogP) is 5.29. The van der Waals surface area contributed by atoms with Crippen LogP contribution < -0.4 is 15.4 Å². The Morgan fingerprint density at radius 1 is 1.03 bits per heavy atom. The summed E-state index contributed by atoms with van der Waals surface area (Å²) < 4.78 is 45.0. The summed E-state index contributed by atoms with van der Waals surface area (Å²) in [6, 6.07) is 11.2. The highest BCUT2D eigenvalue weighted by Crippen LogP contribution is 2.38. The molecule has 0 aliphatic heterocycles. The maximum atomic E-state index is 13.2. The van der Waals surface area contributed by atoms with Crippen LogP contribution in [-0.4, -0.2) is 21.5 Å². The standard InChI is InChI=1S/C19H16F3N5O3/c1-2-30-13-9-7-12(8-10-13)25-17-16(27(28)29)18(24-11-23-17)26-15-6-4-3-5-14(15)19(20,21)22/h3-11H,2H2,1H3,(H2,23,24,25,26). The van der Waals surface area contributed by atoms with E-state index in [0.29, 0.717) is 18.0 Å². The first kappa shape index (κ1) is 20.8. The number of benzene rings is 2. The third kappa shape index (κ3) is 4.74. The molecule has 0 saturated heterocycles. The van der Waals surface area contributed by atoms with E-state index in [-0.39, 0.29) is 17.3 Å². The fraction of sp³-hybridized carbons (Fsp3) is 0.158. The van der Waals surface area contributed by atoms with Gasteiger partial charge in [-0.2, -0.15) is 13.2 Å². The van der Waals surface area contributed by atoms with Crippen molar-refractivity contribution < 1.29 is 22.8 Å². The lowest BCUT2D eigenvalue weighted by Crippen LogP contribution is -2.10. The van der Waals surface area contributed by atoms with E-state index >= 15 is 0 Å². The minimum absolute atomic E-state index is 0.175. The highest BCUT2D eigenvalue weighted by Gasteiger charge is 2.34. The minimum Gasteiger partial charge on any atom is -0.494 e. The first-order valence-electron chi connectivity index (χ1n) is 8.72. The van der Waals surface area contributed by atoms with Crippen LogP contribution in [0.5, 0.6) is 5.75 Å². The monoisotopic (exact) mass is 419 g/mol. The third-order valence-corrected chi connectivity index (χ3v) is 3.92. The van der Waals surface area contributed by atoms with Gasteiger partial charge < -0.3 is 15.4 Å². The molecule has 0 aliphatic rings. The zero-order chi connectivity index (χ0) is 21.7. The molecule has 30 heavy (non-hydrogen) atoms. The van der Waals surface area contributed by atoms with Gasteiger partial charge in [0.2, 0.25) is 11.6 Å². The summed E-state index contributed by atoms with van der Waals surface area (Å²) in [5, 5.41) is 16.8. The first-order valence-corrected chi connectivity index (χ1v) is 8.72. The van der Waals surface area contributed by atoms with Gasteiger partial charge in [-0.25, -0.2) is 9.97 Å². The molecule has 0 aliphatic carbocycles. The Kier molecular flexibility index (Phi) is 6.00. The number of aromatic nitrogens is 2. The van der Waals surface area contributed by atoms with E-state index < -0.39 is 22.4 Å². The van der Waals surface area contributed by atoms with Crippen LogP contribution in [0.2, 0.25) is 0 Å². The summed E-state index contributed by atoms with van der Waals surface area (Å²) in [4.78, 5) is 18.5. The molecule has 3 aromatic rings. The van der Waals surface area contributed by atoms with Crippen molar-refractivity contribution in [1.82, 2.24) is 9.97 Å². The molecule has 0 radical (unpaired) electrons. The Morgan fingerprint density at radius 3 is 2.27 bits per heavy atom. The van der Waals surface area contributed by atoms with Crippen LogP contribution >= 0.6 is 0 Å². The molecule has 0 saturated carbocycles. The molecule has 8 nitrogen and oxygen atoms in total. The smallest absolute Gasteiger partial charge is 0.418 e. The second kappa shape index (κ2) is 8.64. The lowest BCUT2D eigenvalue weighted by molar-refractivity contribution is -0.383. The first-order chi connectivity index (χ1) is 14.3. The van der Waals surface area contributed by atoms with E-state index in [1.54, 1.807) is 24.3 Å². The Morgan fingerprint density at radius 2 is 1.67 bits per heavy atom. The number of ether oxygens (including phenoxy) is 1. The fourth-order valence-electron chi connectivity index (χ4n) is 2.64. The zero-order valence-corrected chi connectivity index (χ0v) is 15.6. The molecule has 1 aromatic heterocycles. The number of para-hydroxylation sites is 1. The van der Waals surface area contributed by atoms with Gasteiger partial charge in [-0.15, -0.1) is 0 Å². The molecule has 11 heteroatoms. The molecule has 0 spiro atoms. The van der Waals surface area contributed by atoms with Crippen molar-refractivity contribution in [3.8, 4) is 5.75 Å². The molecule has 0 unspecified atom stereocenters. The summed E-state index contributed by atoms with van der Waals surface area (Å²) in [7, 11) is 0. The average Bonchev–Trinajstić information content (AvgIpc) is 2.69. The van der Waals surface area contributed by atoms with Crippen LogP contribution in [0.1, 0.15) is 12.5 Å². The summed E-state index contributed by atoms with van der Waals surface area (Å²) in [5.74, 6) is 0.0673. The Balaban J connectivity index is 1.95. The van der Waals surface area contributed by atoms with Gasteiger partial charge in [0.05, 0.1) is 22.8 Å². The molecule has 0 amide bonds. The van der Waals surface area contributed by atoms with Gasteiger partial charge in [0.1, 0.15) is 12.1 Å². The van der Waals surface area contributed by atoms with Crippen LogP contribution in [0.4, 0.5) is 41.9 Å². The molecule has 3 rings (SSSR count). The topological polar surface area (TPSA) is 102 Å². The molecule has 156 valence electrons. The minimum atomic E-state index is -4.64. The second-order valence-corrected chi connectivity index (χ2v) is 5.93. The number of anilines is 4. The van der Waals surface area contributed by atoms with Gasteiger partial charge in [0.25, 0.3) is 0 Å². The van der Waals surface area contributed by atoms with E-state index in [1.807, 2.05) is 6.92 Å². The second-order valence-electron chi connectivity index (χ2n) is 5.93. The largest absolute Gasteiger partial charge is 0.494 e. The Bertz CT molecular complexity index is 1040. The van der Waals surface area contributed by atoms with Crippen molar-refractivity contribution in [1.29, 1.82) is 0 Å². The van der Waals surface area contributed by atoms with E-state index in [2.05, 4.69) is 20.6 Å². The average molecular weight is 419 g/mol. The van der Waals surface area contributed by atoms with Crippen molar-refractivity contribution in [3.05, 3.63) is 70.5 Å². The SMILES string of the molecule is CCOc1ccc(Nc2ncnc(Nc3ccccc3C(F)(F)F)c2[N+](=O)[O-])cc1. The molecule has 1 heterocycles. The highest BCUT2D eigenvalue weighted by molar-refractivity contribution is 5.77. The fourth-order valence-corrected chi connectivity index (χ4v) is 2.64. The summed E-state index contributed by atoms with van der Waals surface area (Å²) in [5.41, 5.74) is -1.46. The Hall–Kier alpha value is -3.89. The lowest BCUT2D eigenvalue weighted by atomic mass is 10.1. The van der Waals surface area contributed by atoms with Gasteiger partial charge in [-0.05, 0) is 43.3 Å². The zero-order valence-electron chi connectivity index (χ0n) is 15.6. The lowest BCUT2D eigenvalue weighted by Gasteiger charge is -2.14. The van der Waals surface area contributed by atoms with Crippen LogP contribution in [0, 0.1) is 10.1 Å². The van der Waals surface area contributed by atoms with Crippen LogP contribution in [-0.2, 0) is 6.18 Å². The van der Waals surface area contributed by atoms with E-state index in [4.69, 9.17) is 4.74 Å². The van der Waals surface area contributed by atoms with Crippen LogP contribution in [0.25, 0.3) is 0 Å². The Labute approximate surface area is 168 Å². The van der Waals surface area contributed by atoms with Gasteiger partial charge in [0.15, 0.2) is 0 Å². The molecular formula is C19H16F3N5O3. The van der Waals surface area contributed by atoms with Gasteiger partial charge >= 0.3 is 11.9 Å². The normalized spacial score (nSPS) is 11.1. The molecule has 2 N–H and O–H groups in total.